The van der Waals surface area contributed by atoms with E-state index in [1.807, 2.05) is 42.5 Å². The van der Waals surface area contributed by atoms with E-state index in [-0.39, 0.29) is 5.92 Å². The molecular formula is C13H11ClO2S. The molecule has 0 aliphatic heterocycles. The Morgan fingerprint density at radius 1 is 1.06 bits per heavy atom. The third kappa shape index (κ3) is 1.94. The van der Waals surface area contributed by atoms with Crippen molar-refractivity contribution in [1.29, 1.82) is 0 Å². The minimum absolute atomic E-state index is 0.0589. The van der Waals surface area contributed by atoms with Gasteiger partial charge < -0.3 is 0 Å². The first kappa shape index (κ1) is 11.1. The van der Waals surface area contributed by atoms with Crippen LogP contribution in [0.2, 0.25) is 0 Å². The van der Waals surface area contributed by atoms with Crippen molar-refractivity contribution in [2.45, 2.75) is 17.6 Å². The van der Waals surface area contributed by atoms with Gasteiger partial charge in [-0.2, -0.15) is 0 Å². The molecule has 2 nitrogen and oxygen atoms in total. The van der Waals surface area contributed by atoms with Crippen LogP contribution in [0.15, 0.2) is 42.5 Å². The fraction of sp³-hybridized carbons (Fsp3) is 0.231. The molecule has 17 heavy (non-hydrogen) atoms. The normalized spacial score (nSPS) is 23.8. The van der Waals surface area contributed by atoms with Gasteiger partial charge in [0.05, 0.1) is 5.25 Å². The molecule has 2 atom stereocenters. The average Bonchev–Trinajstić information content (AvgIpc) is 3.07. The zero-order valence-corrected chi connectivity index (χ0v) is 10.6. The zero-order chi connectivity index (χ0) is 12.0. The van der Waals surface area contributed by atoms with Crippen LogP contribution in [0, 0.1) is 0 Å². The summed E-state index contributed by atoms with van der Waals surface area (Å²) in [5, 5.41) is 1.86. The summed E-state index contributed by atoms with van der Waals surface area (Å²) >= 11 is 0. The maximum absolute atomic E-state index is 11.3. The molecule has 0 radical (unpaired) electrons. The highest BCUT2D eigenvalue weighted by Crippen LogP contribution is 2.49. The molecular weight excluding hydrogens is 256 g/mol. The molecule has 2 aromatic carbocycles. The van der Waals surface area contributed by atoms with Gasteiger partial charge in [0, 0.05) is 16.6 Å². The second-order valence-corrected chi connectivity index (χ2v) is 7.27. The smallest absolute Gasteiger partial charge is 0.212 e. The van der Waals surface area contributed by atoms with Gasteiger partial charge in [0.2, 0.25) is 9.05 Å². The third-order valence-electron chi connectivity index (χ3n) is 3.32. The molecule has 0 saturated heterocycles. The van der Waals surface area contributed by atoms with E-state index >= 15 is 0 Å². The van der Waals surface area contributed by atoms with Crippen molar-refractivity contribution in [2.75, 3.05) is 0 Å². The first-order chi connectivity index (χ1) is 8.07. The lowest BCUT2D eigenvalue weighted by atomic mass is 10.0. The van der Waals surface area contributed by atoms with Gasteiger partial charge in [0.1, 0.15) is 0 Å². The highest BCUT2D eigenvalue weighted by Gasteiger charge is 2.47. The molecule has 0 spiro atoms. The summed E-state index contributed by atoms with van der Waals surface area (Å²) in [6.07, 6.45) is 0.639. The Hall–Kier alpha value is -1.06. The summed E-state index contributed by atoms with van der Waals surface area (Å²) in [6, 6.07) is 14.0. The number of rotatable bonds is 2. The highest BCUT2D eigenvalue weighted by atomic mass is 35.7. The SMILES string of the molecule is O=S(=O)(Cl)C1CC1c1cccc2ccccc12. The van der Waals surface area contributed by atoms with E-state index in [2.05, 4.69) is 0 Å². The van der Waals surface area contributed by atoms with Crippen molar-refractivity contribution in [3.63, 3.8) is 0 Å². The molecule has 0 amide bonds. The van der Waals surface area contributed by atoms with Gasteiger partial charge in [-0.25, -0.2) is 8.42 Å². The molecule has 3 rings (SSSR count). The van der Waals surface area contributed by atoms with Crippen molar-refractivity contribution in [3.8, 4) is 0 Å². The van der Waals surface area contributed by atoms with Crippen LogP contribution < -0.4 is 0 Å². The molecule has 2 aromatic rings. The largest absolute Gasteiger partial charge is 0.236 e. The van der Waals surface area contributed by atoms with Gasteiger partial charge in [-0.1, -0.05) is 42.5 Å². The predicted octanol–water partition coefficient (Wildman–Crippen LogP) is 3.26. The summed E-state index contributed by atoms with van der Waals surface area (Å²) in [5.74, 6) is 0.0589. The first-order valence-electron chi connectivity index (χ1n) is 5.48. The molecule has 1 saturated carbocycles. The summed E-state index contributed by atoms with van der Waals surface area (Å²) < 4.78 is 22.6. The second kappa shape index (κ2) is 3.72. The quantitative estimate of drug-likeness (QED) is 0.782. The number of hydrogen-bond donors (Lipinski definition) is 0. The molecule has 1 aliphatic carbocycles. The number of halogens is 1. The lowest BCUT2D eigenvalue weighted by Crippen LogP contribution is -1.99. The Morgan fingerprint density at radius 3 is 2.47 bits per heavy atom. The van der Waals surface area contributed by atoms with Crippen LogP contribution in [-0.2, 0) is 9.05 Å². The second-order valence-electron chi connectivity index (χ2n) is 4.42. The summed E-state index contributed by atoms with van der Waals surface area (Å²) in [5.41, 5.74) is 1.09. The van der Waals surface area contributed by atoms with Gasteiger partial charge >= 0.3 is 0 Å². The minimum Gasteiger partial charge on any atom is -0.212 e. The topological polar surface area (TPSA) is 34.1 Å². The molecule has 0 heterocycles. The van der Waals surface area contributed by atoms with Crippen molar-refractivity contribution < 1.29 is 8.42 Å². The maximum Gasteiger partial charge on any atom is 0.236 e. The van der Waals surface area contributed by atoms with Crippen molar-refractivity contribution in [1.82, 2.24) is 0 Å². The van der Waals surface area contributed by atoms with Gasteiger partial charge in [-0.05, 0) is 22.8 Å². The predicted molar refractivity (Wildman–Crippen MR) is 69.9 cm³/mol. The van der Waals surface area contributed by atoms with E-state index in [0.29, 0.717) is 6.42 Å². The number of benzene rings is 2. The molecule has 1 aliphatic rings. The van der Waals surface area contributed by atoms with Crippen LogP contribution >= 0.6 is 10.7 Å². The summed E-state index contributed by atoms with van der Waals surface area (Å²) in [7, 11) is 1.98. The standard InChI is InChI=1S/C13H11ClO2S/c14-17(15,16)13-8-12(13)11-7-3-5-9-4-1-2-6-10(9)11/h1-7,12-13H,8H2. The number of fused-ring (bicyclic) bond motifs is 1. The van der Waals surface area contributed by atoms with E-state index in [1.165, 1.54) is 0 Å². The molecule has 88 valence electrons. The molecule has 0 aromatic heterocycles. The first-order valence-corrected chi connectivity index (χ1v) is 7.86. The lowest BCUT2D eigenvalue weighted by molar-refractivity contribution is 0.607. The van der Waals surface area contributed by atoms with Crippen LogP contribution in [0.1, 0.15) is 17.9 Å². The average molecular weight is 267 g/mol. The molecule has 0 bridgehead atoms. The van der Waals surface area contributed by atoms with Crippen molar-refractivity contribution in [2.24, 2.45) is 0 Å². The summed E-state index contributed by atoms with van der Waals surface area (Å²) in [4.78, 5) is 0. The summed E-state index contributed by atoms with van der Waals surface area (Å²) in [6.45, 7) is 0. The van der Waals surface area contributed by atoms with E-state index in [0.717, 1.165) is 16.3 Å². The minimum atomic E-state index is -3.42. The number of hydrogen-bond acceptors (Lipinski definition) is 2. The highest BCUT2D eigenvalue weighted by molar-refractivity contribution is 8.14. The van der Waals surface area contributed by atoms with Gasteiger partial charge in [0.25, 0.3) is 0 Å². The fourth-order valence-electron chi connectivity index (χ4n) is 2.38. The fourth-order valence-corrected chi connectivity index (χ4v) is 3.95. The van der Waals surface area contributed by atoms with Gasteiger partial charge in [-0.15, -0.1) is 0 Å². The van der Waals surface area contributed by atoms with Crippen LogP contribution in [-0.4, -0.2) is 13.7 Å². The lowest BCUT2D eigenvalue weighted by Gasteiger charge is -2.05. The van der Waals surface area contributed by atoms with Crippen molar-refractivity contribution >= 4 is 30.5 Å². The Bertz CT molecular complexity index is 673. The molecule has 0 N–H and O–H groups in total. The van der Waals surface area contributed by atoms with Crippen molar-refractivity contribution in [3.05, 3.63) is 48.0 Å². The van der Waals surface area contributed by atoms with E-state index in [4.69, 9.17) is 10.7 Å². The van der Waals surface area contributed by atoms with E-state index in [9.17, 15) is 8.42 Å². The maximum atomic E-state index is 11.3. The van der Waals surface area contributed by atoms with Gasteiger partial charge in [-0.3, -0.25) is 0 Å². The van der Waals surface area contributed by atoms with E-state index in [1.54, 1.807) is 0 Å². The monoisotopic (exact) mass is 266 g/mol. The Balaban J connectivity index is 2.09. The molecule has 1 fully saturated rings. The Labute approximate surface area is 105 Å². The van der Waals surface area contributed by atoms with Gasteiger partial charge in [0.15, 0.2) is 0 Å². The van der Waals surface area contributed by atoms with Crippen LogP contribution in [0.25, 0.3) is 10.8 Å². The van der Waals surface area contributed by atoms with Crippen LogP contribution in [0.3, 0.4) is 0 Å². The third-order valence-corrected chi connectivity index (χ3v) is 5.25. The molecule has 4 heteroatoms. The van der Waals surface area contributed by atoms with E-state index < -0.39 is 14.3 Å². The van der Waals surface area contributed by atoms with Crippen LogP contribution in [0.4, 0.5) is 0 Å². The Kier molecular flexibility index (Phi) is 2.42. The molecule has 2 unspecified atom stereocenters. The van der Waals surface area contributed by atoms with Crippen LogP contribution in [0.5, 0.6) is 0 Å². The zero-order valence-electron chi connectivity index (χ0n) is 9.01. The Morgan fingerprint density at radius 2 is 1.76 bits per heavy atom.